The van der Waals surface area contributed by atoms with Gasteiger partial charge >= 0.3 is 6.03 Å². The number of nitrogens with one attached hydrogen (secondary N) is 2. The van der Waals surface area contributed by atoms with Crippen LogP contribution in [0.1, 0.15) is 5.56 Å². The summed E-state index contributed by atoms with van der Waals surface area (Å²) in [6, 6.07) is 9.13. The molecule has 4 nitrogen and oxygen atoms in total. The van der Waals surface area contributed by atoms with Gasteiger partial charge in [0.1, 0.15) is 5.82 Å². The first-order valence-corrected chi connectivity index (χ1v) is 5.64. The van der Waals surface area contributed by atoms with Crippen molar-refractivity contribution < 1.29 is 9.18 Å². The highest BCUT2D eigenvalue weighted by Crippen LogP contribution is 2.05. The third kappa shape index (κ3) is 4.23. The lowest BCUT2D eigenvalue weighted by Gasteiger charge is -2.03. The number of aromatic nitrogens is 1. The van der Waals surface area contributed by atoms with Crippen molar-refractivity contribution in [2.24, 2.45) is 0 Å². The number of amides is 2. The van der Waals surface area contributed by atoms with Crippen molar-refractivity contribution in [1.82, 2.24) is 10.3 Å². The first-order valence-electron chi connectivity index (χ1n) is 5.64. The standard InChI is InChI=1S/C14H12FN3O/c15-12-4-1-3-11(9-12)6-8-17-14(19)18-13-5-2-7-16-10-13/h1-10H,(H2,17,18,19)/b8-6+. The average molecular weight is 257 g/mol. The smallest absolute Gasteiger partial charge is 0.314 e. The third-order valence-corrected chi connectivity index (χ3v) is 2.26. The summed E-state index contributed by atoms with van der Waals surface area (Å²) < 4.78 is 12.9. The number of benzene rings is 1. The molecule has 0 aliphatic heterocycles. The van der Waals surface area contributed by atoms with E-state index in [1.807, 2.05) is 0 Å². The van der Waals surface area contributed by atoms with Gasteiger partial charge in [-0.05, 0) is 35.9 Å². The highest BCUT2D eigenvalue weighted by atomic mass is 19.1. The molecule has 96 valence electrons. The van der Waals surface area contributed by atoms with Gasteiger partial charge in [0, 0.05) is 12.4 Å². The molecule has 2 rings (SSSR count). The molecule has 5 heteroatoms. The zero-order valence-electron chi connectivity index (χ0n) is 10.0. The first kappa shape index (κ1) is 12.8. The molecule has 1 heterocycles. The number of urea groups is 1. The predicted molar refractivity (Wildman–Crippen MR) is 71.8 cm³/mol. The molecule has 0 saturated carbocycles. The average Bonchev–Trinajstić information content (AvgIpc) is 2.40. The maximum absolute atomic E-state index is 12.9. The highest BCUT2D eigenvalue weighted by molar-refractivity contribution is 5.90. The molecule has 0 unspecified atom stereocenters. The van der Waals surface area contributed by atoms with E-state index in [-0.39, 0.29) is 11.8 Å². The van der Waals surface area contributed by atoms with Gasteiger partial charge < -0.3 is 10.6 Å². The van der Waals surface area contributed by atoms with Crippen molar-refractivity contribution in [3.63, 3.8) is 0 Å². The van der Waals surface area contributed by atoms with Gasteiger partial charge in [-0.1, -0.05) is 12.1 Å². The second-order valence-corrected chi connectivity index (χ2v) is 3.73. The topological polar surface area (TPSA) is 54.0 Å². The largest absolute Gasteiger partial charge is 0.323 e. The number of hydrogen-bond acceptors (Lipinski definition) is 2. The molecule has 1 aromatic heterocycles. The van der Waals surface area contributed by atoms with E-state index in [1.54, 1.807) is 36.5 Å². The molecular weight excluding hydrogens is 245 g/mol. The summed E-state index contributed by atoms with van der Waals surface area (Å²) in [5.41, 5.74) is 1.26. The van der Waals surface area contributed by atoms with Crippen molar-refractivity contribution in [1.29, 1.82) is 0 Å². The number of hydrogen-bond donors (Lipinski definition) is 2. The second-order valence-electron chi connectivity index (χ2n) is 3.73. The van der Waals surface area contributed by atoms with Crippen LogP contribution in [-0.4, -0.2) is 11.0 Å². The molecule has 0 saturated heterocycles. The van der Waals surface area contributed by atoms with E-state index in [0.29, 0.717) is 11.3 Å². The van der Waals surface area contributed by atoms with Crippen LogP contribution in [0.15, 0.2) is 55.0 Å². The summed E-state index contributed by atoms with van der Waals surface area (Å²) in [7, 11) is 0. The zero-order chi connectivity index (χ0) is 13.5. The van der Waals surface area contributed by atoms with Crippen LogP contribution < -0.4 is 10.6 Å². The van der Waals surface area contributed by atoms with Crippen molar-refractivity contribution in [3.05, 3.63) is 66.4 Å². The molecule has 0 aliphatic carbocycles. The van der Waals surface area contributed by atoms with Gasteiger partial charge in [-0.3, -0.25) is 4.98 Å². The molecule has 0 fully saturated rings. The summed E-state index contributed by atoms with van der Waals surface area (Å²) in [5, 5.41) is 5.12. The molecule has 0 atom stereocenters. The van der Waals surface area contributed by atoms with E-state index in [0.717, 1.165) is 0 Å². The highest BCUT2D eigenvalue weighted by Gasteiger charge is 1.97. The van der Waals surface area contributed by atoms with Crippen LogP contribution in [0.5, 0.6) is 0 Å². The Balaban J connectivity index is 1.87. The molecule has 1 aromatic carbocycles. The van der Waals surface area contributed by atoms with Gasteiger partial charge in [0.15, 0.2) is 0 Å². The molecule has 0 radical (unpaired) electrons. The number of anilines is 1. The number of rotatable bonds is 3. The van der Waals surface area contributed by atoms with E-state index in [4.69, 9.17) is 0 Å². The second kappa shape index (κ2) is 6.30. The molecule has 0 spiro atoms. The van der Waals surface area contributed by atoms with Crippen molar-refractivity contribution in [3.8, 4) is 0 Å². The lowest BCUT2D eigenvalue weighted by Crippen LogP contribution is -2.23. The fourth-order valence-corrected chi connectivity index (χ4v) is 1.43. The van der Waals surface area contributed by atoms with Crippen LogP contribution in [0.4, 0.5) is 14.9 Å². The minimum Gasteiger partial charge on any atom is -0.314 e. The summed E-state index contributed by atoms with van der Waals surface area (Å²) in [4.78, 5) is 15.4. The summed E-state index contributed by atoms with van der Waals surface area (Å²) in [5.74, 6) is -0.318. The SMILES string of the molecule is O=C(N/C=C/c1cccc(F)c1)Nc1cccnc1. The van der Waals surface area contributed by atoms with E-state index in [1.165, 1.54) is 24.5 Å². The maximum atomic E-state index is 12.9. The monoisotopic (exact) mass is 257 g/mol. The van der Waals surface area contributed by atoms with E-state index in [9.17, 15) is 9.18 Å². The molecule has 0 bridgehead atoms. The lowest BCUT2D eigenvalue weighted by atomic mass is 10.2. The quantitative estimate of drug-likeness (QED) is 0.888. The number of pyridine rings is 1. The predicted octanol–water partition coefficient (Wildman–Crippen LogP) is 3.01. The van der Waals surface area contributed by atoms with Crippen LogP contribution in [0.2, 0.25) is 0 Å². The molecular formula is C14H12FN3O. The number of nitrogens with zero attached hydrogens (tertiary/aromatic N) is 1. The molecule has 0 aliphatic rings. The van der Waals surface area contributed by atoms with E-state index < -0.39 is 0 Å². The fraction of sp³-hybridized carbons (Fsp3) is 0. The Morgan fingerprint density at radius 2 is 2.16 bits per heavy atom. The van der Waals surface area contributed by atoms with Crippen LogP contribution >= 0.6 is 0 Å². The van der Waals surface area contributed by atoms with Crippen LogP contribution in [0.25, 0.3) is 6.08 Å². The number of halogens is 1. The Labute approximate surface area is 110 Å². The molecule has 2 N–H and O–H groups in total. The Hall–Kier alpha value is -2.69. The van der Waals surface area contributed by atoms with Crippen LogP contribution in [0.3, 0.4) is 0 Å². The molecule has 2 amide bonds. The maximum Gasteiger partial charge on any atom is 0.323 e. The Kier molecular flexibility index (Phi) is 4.23. The minimum atomic E-state index is -0.388. The van der Waals surface area contributed by atoms with Gasteiger partial charge in [0.25, 0.3) is 0 Å². The van der Waals surface area contributed by atoms with Crippen molar-refractivity contribution in [2.75, 3.05) is 5.32 Å². The minimum absolute atomic E-state index is 0.318. The number of carbonyl (C=O) groups excluding carboxylic acids is 1. The fourth-order valence-electron chi connectivity index (χ4n) is 1.43. The summed E-state index contributed by atoms with van der Waals surface area (Å²) in [6.07, 6.45) is 6.20. The summed E-state index contributed by atoms with van der Waals surface area (Å²) >= 11 is 0. The normalized spacial score (nSPS) is 10.4. The van der Waals surface area contributed by atoms with Crippen molar-refractivity contribution in [2.45, 2.75) is 0 Å². The Bertz CT molecular complexity index is 584. The van der Waals surface area contributed by atoms with Gasteiger partial charge in [-0.2, -0.15) is 0 Å². The van der Waals surface area contributed by atoms with E-state index in [2.05, 4.69) is 15.6 Å². The van der Waals surface area contributed by atoms with Crippen LogP contribution in [0, 0.1) is 5.82 Å². The van der Waals surface area contributed by atoms with Crippen LogP contribution in [-0.2, 0) is 0 Å². The molecule has 19 heavy (non-hydrogen) atoms. The van der Waals surface area contributed by atoms with Gasteiger partial charge in [0.2, 0.25) is 0 Å². The third-order valence-electron chi connectivity index (χ3n) is 2.26. The lowest BCUT2D eigenvalue weighted by molar-refractivity contribution is 0.255. The first-order chi connectivity index (χ1) is 9.24. The number of carbonyl (C=O) groups is 1. The Morgan fingerprint density at radius 3 is 2.89 bits per heavy atom. The Morgan fingerprint density at radius 1 is 1.26 bits per heavy atom. The van der Waals surface area contributed by atoms with E-state index >= 15 is 0 Å². The van der Waals surface area contributed by atoms with Gasteiger partial charge in [0.05, 0.1) is 11.9 Å². The van der Waals surface area contributed by atoms with Gasteiger partial charge in [-0.25, -0.2) is 9.18 Å². The van der Waals surface area contributed by atoms with Gasteiger partial charge in [-0.15, -0.1) is 0 Å². The summed E-state index contributed by atoms with van der Waals surface area (Å²) in [6.45, 7) is 0. The van der Waals surface area contributed by atoms with Crippen molar-refractivity contribution >= 4 is 17.8 Å². The zero-order valence-corrected chi connectivity index (χ0v) is 10.0. The molecule has 2 aromatic rings.